The lowest BCUT2D eigenvalue weighted by molar-refractivity contribution is 0.102. The molecule has 0 radical (unpaired) electrons. The Morgan fingerprint density at radius 3 is 2.91 bits per heavy atom. The molecule has 0 aliphatic rings. The number of nitrogens with one attached hydrogen (secondary N) is 2. The molecule has 1 aromatic carbocycles. The Morgan fingerprint density at radius 2 is 2.17 bits per heavy atom. The summed E-state index contributed by atoms with van der Waals surface area (Å²) in [5, 5.41) is 5.89. The number of hydrogen-bond acceptors (Lipinski definition) is 5. The van der Waals surface area contributed by atoms with Crippen LogP contribution in [0.2, 0.25) is 0 Å². The predicted octanol–water partition coefficient (Wildman–Crippen LogP) is 3.25. The molecular formula is C16H19BrN4O2. The maximum absolute atomic E-state index is 12.3. The minimum Gasteiger partial charge on any atom is -0.385 e. The average Bonchev–Trinajstić information content (AvgIpc) is 2.55. The van der Waals surface area contributed by atoms with Crippen LogP contribution in [0.25, 0.3) is 0 Å². The summed E-state index contributed by atoms with van der Waals surface area (Å²) in [6.07, 6.45) is 2.40. The van der Waals surface area contributed by atoms with Crippen molar-refractivity contribution >= 4 is 33.5 Å². The number of benzene rings is 1. The molecule has 0 unspecified atom stereocenters. The van der Waals surface area contributed by atoms with Crippen LogP contribution < -0.4 is 10.6 Å². The number of anilines is 2. The van der Waals surface area contributed by atoms with Crippen LogP contribution in [0.4, 0.5) is 11.6 Å². The van der Waals surface area contributed by atoms with Gasteiger partial charge in [0.05, 0.1) is 0 Å². The second kappa shape index (κ2) is 8.59. The van der Waals surface area contributed by atoms with Crippen LogP contribution in [-0.2, 0) is 4.74 Å². The number of ether oxygens (including phenoxy) is 1. The first-order valence-electron chi connectivity index (χ1n) is 7.23. The summed E-state index contributed by atoms with van der Waals surface area (Å²) in [6.45, 7) is 3.33. The molecule has 6 nitrogen and oxygen atoms in total. The van der Waals surface area contributed by atoms with E-state index in [1.165, 1.54) is 0 Å². The topological polar surface area (TPSA) is 76.1 Å². The first kappa shape index (κ1) is 17.4. The molecule has 1 amide bonds. The number of amides is 1. The summed E-state index contributed by atoms with van der Waals surface area (Å²) in [6, 6.07) is 7.22. The molecule has 0 aliphatic heterocycles. The van der Waals surface area contributed by atoms with E-state index in [2.05, 4.69) is 36.5 Å². The van der Waals surface area contributed by atoms with Crippen molar-refractivity contribution in [2.75, 3.05) is 30.9 Å². The zero-order valence-electron chi connectivity index (χ0n) is 13.1. The monoisotopic (exact) mass is 378 g/mol. The highest BCUT2D eigenvalue weighted by atomic mass is 79.9. The Bertz CT molecular complexity index is 679. The molecule has 0 bridgehead atoms. The Morgan fingerprint density at radius 1 is 1.35 bits per heavy atom. The Balaban J connectivity index is 2.00. The summed E-state index contributed by atoms with van der Waals surface area (Å²) >= 11 is 3.45. The molecule has 0 aliphatic carbocycles. The van der Waals surface area contributed by atoms with E-state index in [4.69, 9.17) is 4.74 Å². The van der Waals surface area contributed by atoms with Gasteiger partial charge < -0.3 is 15.4 Å². The molecule has 0 spiro atoms. The Kier molecular flexibility index (Phi) is 6.49. The molecule has 2 rings (SSSR count). The van der Waals surface area contributed by atoms with Gasteiger partial charge in [0.1, 0.15) is 5.69 Å². The fourth-order valence-electron chi connectivity index (χ4n) is 1.85. The summed E-state index contributed by atoms with van der Waals surface area (Å²) in [5.74, 6) is 0.155. The highest BCUT2D eigenvalue weighted by molar-refractivity contribution is 9.10. The third-order valence-electron chi connectivity index (χ3n) is 3.13. The van der Waals surface area contributed by atoms with Gasteiger partial charge >= 0.3 is 0 Å². The predicted molar refractivity (Wildman–Crippen MR) is 93.8 cm³/mol. The summed E-state index contributed by atoms with van der Waals surface area (Å²) in [5.41, 5.74) is 2.12. The van der Waals surface area contributed by atoms with Crippen LogP contribution in [0.1, 0.15) is 22.5 Å². The zero-order chi connectivity index (χ0) is 16.7. The molecule has 1 heterocycles. The first-order valence-corrected chi connectivity index (χ1v) is 8.03. The van der Waals surface area contributed by atoms with Gasteiger partial charge in [-0.3, -0.25) is 4.79 Å². The van der Waals surface area contributed by atoms with Crippen LogP contribution >= 0.6 is 15.9 Å². The number of nitrogens with zero attached hydrogens (tertiary/aromatic N) is 2. The van der Waals surface area contributed by atoms with Crippen LogP contribution in [0.3, 0.4) is 0 Å². The van der Waals surface area contributed by atoms with Crippen molar-refractivity contribution < 1.29 is 9.53 Å². The average molecular weight is 379 g/mol. The smallest absolute Gasteiger partial charge is 0.274 e. The summed E-state index contributed by atoms with van der Waals surface area (Å²) < 4.78 is 5.92. The molecule has 122 valence electrons. The SMILES string of the molecule is COCCCNc1nccc(C(=O)Nc2ccc(C)c(Br)c2)n1. The number of hydrogen-bond donors (Lipinski definition) is 2. The standard InChI is InChI=1S/C16H19BrN4O2/c1-11-4-5-12(10-13(11)17)20-15(22)14-6-8-19-16(21-14)18-7-3-9-23-2/h4-6,8,10H,3,7,9H2,1-2H3,(H,20,22)(H,18,19,21). The van der Waals surface area contributed by atoms with Crippen molar-refractivity contribution in [3.8, 4) is 0 Å². The molecule has 0 atom stereocenters. The van der Waals surface area contributed by atoms with E-state index in [9.17, 15) is 4.79 Å². The van der Waals surface area contributed by atoms with Gasteiger partial charge in [0.25, 0.3) is 5.91 Å². The van der Waals surface area contributed by atoms with E-state index < -0.39 is 0 Å². The molecular weight excluding hydrogens is 360 g/mol. The van der Waals surface area contributed by atoms with Crippen LogP contribution in [0.15, 0.2) is 34.9 Å². The van der Waals surface area contributed by atoms with Crippen molar-refractivity contribution in [2.45, 2.75) is 13.3 Å². The van der Waals surface area contributed by atoms with Gasteiger partial charge in [0, 0.05) is 36.6 Å². The number of halogens is 1. The molecule has 7 heteroatoms. The normalized spacial score (nSPS) is 10.4. The first-order chi connectivity index (χ1) is 11.1. The number of aromatic nitrogens is 2. The van der Waals surface area contributed by atoms with Crippen molar-refractivity contribution in [3.05, 3.63) is 46.2 Å². The highest BCUT2D eigenvalue weighted by Gasteiger charge is 2.09. The molecule has 23 heavy (non-hydrogen) atoms. The largest absolute Gasteiger partial charge is 0.385 e. The Hall–Kier alpha value is -1.99. The highest BCUT2D eigenvalue weighted by Crippen LogP contribution is 2.21. The van der Waals surface area contributed by atoms with Gasteiger partial charge in [-0.15, -0.1) is 0 Å². The van der Waals surface area contributed by atoms with Crippen LogP contribution in [0.5, 0.6) is 0 Å². The third-order valence-corrected chi connectivity index (χ3v) is 3.98. The quantitative estimate of drug-likeness (QED) is 0.723. The molecule has 0 saturated heterocycles. The van der Waals surface area contributed by atoms with Gasteiger partial charge in [-0.25, -0.2) is 9.97 Å². The lowest BCUT2D eigenvalue weighted by Crippen LogP contribution is -2.16. The summed E-state index contributed by atoms with van der Waals surface area (Å²) in [4.78, 5) is 20.6. The minimum atomic E-state index is -0.275. The van der Waals surface area contributed by atoms with Gasteiger partial charge in [0.15, 0.2) is 0 Å². The van der Waals surface area contributed by atoms with Crippen LogP contribution in [0, 0.1) is 6.92 Å². The molecule has 2 aromatic rings. The number of rotatable bonds is 7. The lowest BCUT2D eigenvalue weighted by atomic mass is 10.2. The van der Waals surface area contributed by atoms with Gasteiger partial charge in [-0.1, -0.05) is 22.0 Å². The van der Waals surface area contributed by atoms with E-state index >= 15 is 0 Å². The van der Waals surface area contributed by atoms with E-state index in [-0.39, 0.29) is 5.91 Å². The number of carbonyl (C=O) groups excluding carboxylic acids is 1. The third kappa shape index (κ3) is 5.30. The molecule has 0 saturated carbocycles. The maximum Gasteiger partial charge on any atom is 0.274 e. The minimum absolute atomic E-state index is 0.275. The molecule has 2 N–H and O–H groups in total. The van der Waals surface area contributed by atoms with Gasteiger partial charge in [-0.2, -0.15) is 0 Å². The maximum atomic E-state index is 12.3. The number of methoxy groups -OCH3 is 1. The fraction of sp³-hybridized carbons (Fsp3) is 0.312. The fourth-order valence-corrected chi connectivity index (χ4v) is 2.23. The zero-order valence-corrected chi connectivity index (χ0v) is 14.7. The Labute approximate surface area is 143 Å². The number of aryl methyl sites for hydroxylation is 1. The summed E-state index contributed by atoms with van der Waals surface area (Å²) in [7, 11) is 1.66. The van der Waals surface area contributed by atoms with Crippen molar-refractivity contribution in [3.63, 3.8) is 0 Å². The van der Waals surface area contributed by atoms with Crippen molar-refractivity contribution in [1.29, 1.82) is 0 Å². The van der Waals surface area contributed by atoms with E-state index in [1.54, 1.807) is 19.4 Å². The van der Waals surface area contributed by atoms with Crippen molar-refractivity contribution in [1.82, 2.24) is 9.97 Å². The molecule has 0 fully saturated rings. The second-order valence-electron chi connectivity index (χ2n) is 4.96. The van der Waals surface area contributed by atoms with E-state index in [1.807, 2.05) is 25.1 Å². The molecule has 1 aromatic heterocycles. The second-order valence-corrected chi connectivity index (χ2v) is 5.81. The van der Waals surface area contributed by atoms with Gasteiger partial charge in [-0.05, 0) is 37.1 Å². The van der Waals surface area contributed by atoms with Crippen molar-refractivity contribution in [2.24, 2.45) is 0 Å². The van der Waals surface area contributed by atoms with E-state index in [0.29, 0.717) is 30.5 Å². The van der Waals surface area contributed by atoms with E-state index in [0.717, 1.165) is 16.5 Å². The van der Waals surface area contributed by atoms with Gasteiger partial charge in [0.2, 0.25) is 5.95 Å². The lowest BCUT2D eigenvalue weighted by Gasteiger charge is -2.08. The number of carbonyl (C=O) groups is 1. The van der Waals surface area contributed by atoms with Crippen LogP contribution in [-0.4, -0.2) is 36.1 Å².